The second-order valence-corrected chi connectivity index (χ2v) is 4.29. The molecule has 0 amide bonds. The second kappa shape index (κ2) is 4.68. The molecule has 5 nitrogen and oxygen atoms in total. The fourth-order valence-corrected chi connectivity index (χ4v) is 1.98. The van der Waals surface area contributed by atoms with Crippen molar-refractivity contribution in [2.45, 2.75) is 19.1 Å². The van der Waals surface area contributed by atoms with Crippen molar-refractivity contribution < 1.29 is 23.8 Å². The van der Waals surface area contributed by atoms with Gasteiger partial charge in [-0.3, -0.25) is 0 Å². The Labute approximate surface area is 109 Å². The Balaban J connectivity index is 1.69. The maximum Gasteiger partial charge on any atom is 0.345 e. The molecule has 2 aromatic rings. The molecular weight excluding hydrogens is 248 g/mol. The number of carboxylic acids is 1. The first-order chi connectivity index (χ1) is 9.22. The quantitative estimate of drug-likeness (QED) is 0.913. The van der Waals surface area contributed by atoms with E-state index in [4.69, 9.17) is 19.0 Å². The minimum absolute atomic E-state index is 0.328. The van der Waals surface area contributed by atoms with Crippen LogP contribution in [0.5, 0.6) is 11.5 Å². The lowest BCUT2D eigenvalue weighted by molar-refractivity contribution is -0.144. The third kappa shape index (κ3) is 2.40. The van der Waals surface area contributed by atoms with Crippen LogP contribution < -0.4 is 9.47 Å². The van der Waals surface area contributed by atoms with Crippen LogP contribution in [0.2, 0.25) is 0 Å². The molecule has 0 spiro atoms. The number of furan rings is 1. The van der Waals surface area contributed by atoms with Crippen LogP contribution in [-0.2, 0) is 17.8 Å². The zero-order valence-corrected chi connectivity index (χ0v) is 10.0. The van der Waals surface area contributed by atoms with Crippen molar-refractivity contribution in [3.63, 3.8) is 0 Å². The lowest BCUT2D eigenvalue weighted by Gasteiger charge is -2.07. The minimum atomic E-state index is -0.950. The Morgan fingerprint density at radius 1 is 1.42 bits per heavy atom. The van der Waals surface area contributed by atoms with Gasteiger partial charge in [-0.25, -0.2) is 4.79 Å². The lowest BCUT2D eigenvalue weighted by Crippen LogP contribution is -2.24. The highest BCUT2D eigenvalue weighted by Gasteiger charge is 2.28. The third-order valence-corrected chi connectivity index (χ3v) is 2.95. The number of carbonyl (C=O) groups is 1. The van der Waals surface area contributed by atoms with Crippen molar-refractivity contribution in [2.24, 2.45) is 0 Å². The molecule has 0 radical (unpaired) electrons. The highest BCUT2D eigenvalue weighted by molar-refractivity contribution is 5.74. The molecule has 0 fully saturated rings. The van der Waals surface area contributed by atoms with Gasteiger partial charge in [0, 0.05) is 12.5 Å². The van der Waals surface area contributed by atoms with E-state index >= 15 is 0 Å². The first-order valence-electron chi connectivity index (χ1n) is 5.90. The van der Waals surface area contributed by atoms with Crippen LogP contribution in [-0.4, -0.2) is 17.2 Å². The summed E-state index contributed by atoms with van der Waals surface area (Å²) in [7, 11) is 0. The zero-order chi connectivity index (χ0) is 13.2. The van der Waals surface area contributed by atoms with Gasteiger partial charge in [0.2, 0.25) is 0 Å². The zero-order valence-electron chi connectivity index (χ0n) is 10.0. The number of carboxylic acid groups (broad SMARTS) is 1. The standard InChI is InChI=1S/C14H12O5/c15-14(16)13-6-9-3-4-10(7-12(9)19-13)18-8-11-2-1-5-17-11/h1-5,7,13H,6,8H2,(H,15,16). The number of rotatable bonds is 4. The van der Waals surface area contributed by atoms with Crippen LogP contribution in [0.15, 0.2) is 41.0 Å². The van der Waals surface area contributed by atoms with Crippen molar-refractivity contribution in [3.05, 3.63) is 47.9 Å². The Morgan fingerprint density at radius 2 is 2.32 bits per heavy atom. The number of benzene rings is 1. The van der Waals surface area contributed by atoms with Gasteiger partial charge < -0.3 is 19.0 Å². The lowest BCUT2D eigenvalue weighted by atomic mass is 10.1. The van der Waals surface area contributed by atoms with E-state index in [-0.39, 0.29) is 0 Å². The summed E-state index contributed by atoms with van der Waals surface area (Å²) in [5.74, 6) is 0.976. The second-order valence-electron chi connectivity index (χ2n) is 4.29. The van der Waals surface area contributed by atoms with Crippen molar-refractivity contribution in [2.75, 3.05) is 0 Å². The van der Waals surface area contributed by atoms with Crippen LogP contribution in [0.1, 0.15) is 11.3 Å². The smallest absolute Gasteiger partial charge is 0.345 e. The molecule has 19 heavy (non-hydrogen) atoms. The van der Waals surface area contributed by atoms with E-state index in [9.17, 15) is 4.79 Å². The first-order valence-corrected chi connectivity index (χ1v) is 5.90. The van der Waals surface area contributed by atoms with E-state index in [2.05, 4.69) is 0 Å². The maximum atomic E-state index is 10.9. The summed E-state index contributed by atoms with van der Waals surface area (Å²) in [5.41, 5.74) is 0.887. The van der Waals surface area contributed by atoms with Gasteiger partial charge in [-0.1, -0.05) is 6.07 Å². The SMILES string of the molecule is O=C(O)C1Cc2ccc(OCc3ccco3)cc2O1. The number of aliphatic carboxylic acids is 1. The number of ether oxygens (including phenoxy) is 2. The van der Waals surface area contributed by atoms with Crippen LogP contribution in [0, 0.1) is 0 Å². The molecule has 98 valence electrons. The Kier molecular flexibility index (Phi) is 2.87. The maximum absolute atomic E-state index is 10.9. The molecular formula is C14H12O5. The molecule has 1 unspecified atom stereocenters. The van der Waals surface area contributed by atoms with Crippen molar-refractivity contribution >= 4 is 5.97 Å². The summed E-state index contributed by atoms with van der Waals surface area (Å²) >= 11 is 0. The highest BCUT2D eigenvalue weighted by Crippen LogP contribution is 2.32. The summed E-state index contributed by atoms with van der Waals surface area (Å²) in [6, 6.07) is 8.96. The summed E-state index contributed by atoms with van der Waals surface area (Å²) in [4.78, 5) is 10.9. The van der Waals surface area contributed by atoms with Crippen molar-refractivity contribution in [1.82, 2.24) is 0 Å². The van der Waals surface area contributed by atoms with Crippen molar-refractivity contribution in [3.8, 4) is 11.5 Å². The van der Waals surface area contributed by atoms with Gasteiger partial charge in [-0.15, -0.1) is 0 Å². The average Bonchev–Trinajstić information content (AvgIpc) is 3.04. The van der Waals surface area contributed by atoms with Crippen molar-refractivity contribution in [1.29, 1.82) is 0 Å². The van der Waals surface area contributed by atoms with Gasteiger partial charge >= 0.3 is 5.97 Å². The van der Waals surface area contributed by atoms with E-state index < -0.39 is 12.1 Å². The Hall–Kier alpha value is -2.43. The predicted octanol–water partition coefficient (Wildman–Crippen LogP) is 2.25. The Bertz CT molecular complexity index is 588. The molecule has 1 aromatic heterocycles. The molecule has 1 N–H and O–H groups in total. The monoisotopic (exact) mass is 260 g/mol. The third-order valence-electron chi connectivity index (χ3n) is 2.95. The molecule has 0 aliphatic carbocycles. The fourth-order valence-electron chi connectivity index (χ4n) is 1.98. The normalized spacial score (nSPS) is 16.7. The number of hydrogen-bond donors (Lipinski definition) is 1. The van der Waals surface area contributed by atoms with Crippen LogP contribution in [0.25, 0.3) is 0 Å². The van der Waals surface area contributed by atoms with Gasteiger partial charge in [0.05, 0.1) is 6.26 Å². The van der Waals surface area contributed by atoms with E-state index in [1.807, 2.05) is 12.1 Å². The first kappa shape index (κ1) is 11.6. The molecule has 1 atom stereocenters. The topological polar surface area (TPSA) is 68.9 Å². The van der Waals surface area contributed by atoms with Crippen LogP contribution >= 0.6 is 0 Å². The van der Waals surface area contributed by atoms with Crippen LogP contribution in [0.3, 0.4) is 0 Å². The summed E-state index contributed by atoms with van der Waals surface area (Å²) < 4.78 is 16.1. The van der Waals surface area contributed by atoms with Gasteiger partial charge in [-0.05, 0) is 23.8 Å². The summed E-state index contributed by atoms with van der Waals surface area (Å²) in [5, 5.41) is 8.91. The molecule has 1 aliphatic rings. The number of hydrogen-bond acceptors (Lipinski definition) is 4. The van der Waals surface area contributed by atoms with E-state index in [0.717, 1.165) is 11.3 Å². The molecule has 3 rings (SSSR count). The summed E-state index contributed by atoms with van der Waals surface area (Å²) in [6.45, 7) is 0.328. The van der Waals surface area contributed by atoms with E-state index in [0.29, 0.717) is 24.5 Å². The fraction of sp³-hybridized carbons (Fsp3) is 0.214. The molecule has 1 aromatic carbocycles. The molecule has 0 saturated carbocycles. The van der Waals surface area contributed by atoms with Gasteiger partial charge in [0.15, 0.2) is 6.10 Å². The predicted molar refractivity (Wildman–Crippen MR) is 65.2 cm³/mol. The molecule has 0 bridgehead atoms. The highest BCUT2D eigenvalue weighted by atomic mass is 16.5. The van der Waals surface area contributed by atoms with Gasteiger partial charge in [0.25, 0.3) is 0 Å². The van der Waals surface area contributed by atoms with E-state index in [1.54, 1.807) is 24.5 Å². The van der Waals surface area contributed by atoms with Gasteiger partial charge in [0.1, 0.15) is 23.9 Å². The summed E-state index contributed by atoms with van der Waals surface area (Å²) in [6.07, 6.45) is 1.18. The molecule has 5 heteroatoms. The van der Waals surface area contributed by atoms with Gasteiger partial charge in [-0.2, -0.15) is 0 Å². The average molecular weight is 260 g/mol. The molecule has 2 heterocycles. The number of fused-ring (bicyclic) bond motifs is 1. The molecule has 0 saturated heterocycles. The largest absolute Gasteiger partial charge is 0.486 e. The Morgan fingerprint density at radius 3 is 3.05 bits per heavy atom. The minimum Gasteiger partial charge on any atom is -0.486 e. The van der Waals surface area contributed by atoms with E-state index in [1.165, 1.54) is 0 Å². The van der Waals surface area contributed by atoms with Crippen LogP contribution in [0.4, 0.5) is 0 Å². The molecule has 1 aliphatic heterocycles.